The molecule has 3 aromatic carbocycles. The number of aliphatic imine (C=N–C) groups is 1. The molecule has 0 saturated carbocycles. The molecule has 0 fully saturated rings. The van der Waals surface area contributed by atoms with E-state index in [2.05, 4.69) is 100 Å². The summed E-state index contributed by atoms with van der Waals surface area (Å²) in [5.41, 5.74) is 6.73. The van der Waals surface area contributed by atoms with E-state index in [1.165, 1.54) is 11.1 Å². The number of nitrogens with zero attached hydrogens (tertiary/aromatic N) is 1. The first kappa shape index (κ1) is 19.8. The van der Waals surface area contributed by atoms with Crippen LogP contribution in [0.2, 0.25) is 0 Å². The number of halogens is 2. The second kappa shape index (κ2) is 8.85. The highest BCUT2D eigenvalue weighted by molar-refractivity contribution is 9.11. The van der Waals surface area contributed by atoms with E-state index in [0.29, 0.717) is 6.61 Å². The van der Waals surface area contributed by atoms with Gasteiger partial charge in [0.2, 0.25) is 0 Å². The van der Waals surface area contributed by atoms with Crippen molar-refractivity contribution in [2.75, 3.05) is 0 Å². The predicted molar refractivity (Wildman–Crippen MR) is 121 cm³/mol. The van der Waals surface area contributed by atoms with Crippen molar-refractivity contribution >= 4 is 43.8 Å². The highest BCUT2D eigenvalue weighted by Crippen LogP contribution is 2.35. The minimum atomic E-state index is 0.521. The summed E-state index contributed by atoms with van der Waals surface area (Å²) in [6.07, 6.45) is 1.88. The zero-order valence-electron chi connectivity index (χ0n) is 15.6. The first-order valence-corrected chi connectivity index (χ1v) is 10.3. The number of ether oxygens (including phenoxy) is 1. The fraction of sp³-hybridized carbons (Fsp3) is 0.174. The molecule has 0 bridgehead atoms. The van der Waals surface area contributed by atoms with Crippen LogP contribution in [0.1, 0.15) is 27.8 Å². The molecule has 2 nitrogen and oxygen atoms in total. The summed E-state index contributed by atoms with van der Waals surface area (Å²) < 4.78 is 7.80. The summed E-state index contributed by atoms with van der Waals surface area (Å²) in [7, 11) is 0. The third kappa shape index (κ3) is 5.30. The van der Waals surface area contributed by atoms with E-state index >= 15 is 0 Å². The van der Waals surface area contributed by atoms with Gasteiger partial charge in [-0.1, -0.05) is 42.0 Å². The Kier molecular flexibility index (Phi) is 6.51. The van der Waals surface area contributed by atoms with Crippen LogP contribution in [0.15, 0.2) is 68.5 Å². The normalized spacial score (nSPS) is 11.1. The molecule has 0 amide bonds. The maximum absolute atomic E-state index is 6.01. The Labute approximate surface area is 177 Å². The third-order valence-electron chi connectivity index (χ3n) is 4.24. The SMILES string of the molecule is Cc1ccc(COc2c(Br)cc(C=Nc3cc(C)ccc3C)cc2Br)cc1. The Hall–Kier alpha value is -1.91. The van der Waals surface area contributed by atoms with E-state index < -0.39 is 0 Å². The lowest BCUT2D eigenvalue weighted by Gasteiger charge is -2.11. The molecule has 3 rings (SSSR count). The number of hydrogen-bond acceptors (Lipinski definition) is 2. The van der Waals surface area contributed by atoms with E-state index in [-0.39, 0.29) is 0 Å². The monoisotopic (exact) mass is 485 g/mol. The van der Waals surface area contributed by atoms with Gasteiger partial charge in [0, 0.05) is 6.21 Å². The zero-order chi connectivity index (χ0) is 19.4. The van der Waals surface area contributed by atoms with Gasteiger partial charge in [-0.15, -0.1) is 0 Å². The van der Waals surface area contributed by atoms with Crippen molar-refractivity contribution in [1.82, 2.24) is 0 Å². The fourth-order valence-corrected chi connectivity index (χ4v) is 4.09. The lowest BCUT2D eigenvalue weighted by atomic mass is 10.1. The lowest BCUT2D eigenvalue weighted by Crippen LogP contribution is -1.98. The molecule has 0 aromatic heterocycles. The van der Waals surface area contributed by atoms with Crippen molar-refractivity contribution in [3.05, 3.63) is 91.4 Å². The van der Waals surface area contributed by atoms with Gasteiger partial charge < -0.3 is 4.74 Å². The van der Waals surface area contributed by atoms with Crippen molar-refractivity contribution in [3.63, 3.8) is 0 Å². The Morgan fingerprint density at radius 2 is 1.48 bits per heavy atom. The first-order chi connectivity index (χ1) is 12.9. The standard InChI is InChI=1S/C23H21Br2NO/c1-15-5-8-18(9-6-15)14-27-23-20(24)11-19(12-21(23)25)13-26-22-10-16(2)4-7-17(22)3/h4-13H,14H2,1-3H3. The van der Waals surface area contributed by atoms with Gasteiger partial charge in [-0.2, -0.15) is 0 Å². The Bertz CT molecular complexity index is 955. The number of aryl methyl sites for hydroxylation is 3. The second-order valence-corrected chi connectivity index (χ2v) is 8.34. The fourth-order valence-electron chi connectivity index (χ4n) is 2.63. The summed E-state index contributed by atoms with van der Waals surface area (Å²) in [4.78, 5) is 4.64. The van der Waals surface area contributed by atoms with E-state index in [1.54, 1.807) is 0 Å². The molecule has 0 spiro atoms. The predicted octanol–water partition coefficient (Wildman–Crippen LogP) is 7.47. The molecule has 4 heteroatoms. The largest absolute Gasteiger partial charge is 0.487 e. The van der Waals surface area contributed by atoms with Gasteiger partial charge in [-0.05, 0) is 93.1 Å². The van der Waals surface area contributed by atoms with Crippen molar-refractivity contribution in [2.24, 2.45) is 4.99 Å². The van der Waals surface area contributed by atoms with Crippen molar-refractivity contribution in [3.8, 4) is 5.75 Å². The van der Waals surface area contributed by atoms with Gasteiger partial charge in [-0.25, -0.2) is 0 Å². The van der Waals surface area contributed by atoms with Crippen LogP contribution in [0.5, 0.6) is 5.75 Å². The molecule has 0 atom stereocenters. The minimum absolute atomic E-state index is 0.521. The van der Waals surface area contributed by atoms with E-state index in [4.69, 9.17) is 4.74 Å². The van der Waals surface area contributed by atoms with Crippen LogP contribution in [0.3, 0.4) is 0 Å². The molecule has 138 valence electrons. The molecule has 0 heterocycles. The molecule has 0 saturated heterocycles. The molecular weight excluding hydrogens is 466 g/mol. The topological polar surface area (TPSA) is 21.6 Å². The van der Waals surface area contributed by atoms with Gasteiger partial charge >= 0.3 is 0 Å². The van der Waals surface area contributed by atoms with Crippen LogP contribution < -0.4 is 4.74 Å². The number of benzene rings is 3. The summed E-state index contributed by atoms with van der Waals surface area (Å²) in [6.45, 7) is 6.75. The van der Waals surface area contributed by atoms with E-state index in [9.17, 15) is 0 Å². The van der Waals surface area contributed by atoms with Gasteiger partial charge in [0.15, 0.2) is 0 Å². The molecule has 27 heavy (non-hydrogen) atoms. The average Bonchev–Trinajstić information content (AvgIpc) is 2.63. The Morgan fingerprint density at radius 3 is 2.15 bits per heavy atom. The maximum atomic E-state index is 6.01. The van der Waals surface area contributed by atoms with Crippen LogP contribution in [-0.2, 0) is 6.61 Å². The van der Waals surface area contributed by atoms with Crippen LogP contribution in [0.4, 0.5) is 5.69 Å². The summed E-state index contributed by atoms with van der Waals surface area (Å²) in [5.74, 6) is 0.791. The van der Waals surface area contributed by atoms with Crippen LogP contribution in [-0.4, -0.2) is 6.21 Å². The summed E-state index contributed by atoms with van der Waals surface area (Å²) >= 11 is 7.24. The van der Waals surface area contributed by atoms with Crippen molar-refractivity contribution < 1.29 is 4.74 Å². The number of rotatable bonds is 5. The van der Waals surface area contributed by atoms with Crippen LogP contribution >= 0.6 is 31.9 Å². The molecule has 0 unspecified atom stereocenters. The van der Waals surface area contributed by atoms with Crippen molar-refractivity contribution in [2.45, 2.75) is 27.4 Å². The van der Waals surface area contributed by atoms with E-state index in [1.807, 2.05) is 18.3 Å². The molecule has 0 radical (unpaired) electrons. The number of hydrogen-bond donors (Lipinski definition) is 0. The second-order valence-electron chi connectivity index (χ2n) is 6.64. The summed E-state index contributed by atoms with van der Waals surface area (Å²) in [5, 5.41) is 0. The quantitative estimate of drug-likeness (QED) is 0.343. The highest BCUT2D eigenvalue weighted by atomic mass is 79.9. The minimum Gasteiger partial charge on any atom is -0.487 e. The van der Waals surface area contributed by atoms with E-state index in [0.717, 1.165) is 37.1 Å². The van der Waals surface area contributed by atoms with Crippen LogP contribution in [0.25, 0.3) is 0 Å². The van der Waals surface area contributed by atoms with Gasteiger partial charge in [0.25, 0.3) is 0 Å². The van der Waals surface area contributed by atoms with Gasteiger partial charge in [0.1, 0.15) is 12.4 Å². The smallest absolute Gasteiger partial charge is 0.148 e. The molecule has 0 aliphatic carbocycles. The summed E-state index contributed by atoms with van der Waals surface area (Å²) in [6, 6.07) is 18.7. The molecule has 0 N–H and O–H groups in total. The van der Waals surface area contributed by atoms with Gasteiger partial charge in [0.05, 0.1) is 14.6 Å². The highest BCUT2D eigenvalue weighted by Gasteiger charge is 2.09. The van der Waals surface area contributed by atoms with Crippen molar-refractivity contribution in [1.29, 1.82) is 0 Å². The molecule has 3 aromatic rings. The maximum Gasteiger partial charge on any atom is 0.148 e. The molecular formula is C23H21Br2NO. The lowest BCUT2D eigenvalue weighted by molar-refractivity contribution is 0.302. The molecule has 0 aliphatic heterocycles. The van der Waals surface area contributed by atoms with Gasteiger partial charge in [-0.3, -0.25) is 4.99 Å². The Balaban J connectivity index is 1.77. The molecule has 0 aliphatic rings. The first-order valence-electron chi connectivity index (χ1n) is 8.71. The zero-order valence-corrected chi connectivity index (χ0v) is 18.8. The van der Waals surface area contributed by atoms with Crippen LogP contribution in [0, 0.1) is 20.8 Å². The average molecular weight is 487 g/mol. The Morgan fingerprint density at radius 1 is 0.852 bits per heavy atom. The third-order valence-corrected chi connectivity index (χ3v) is 5.42.